The maximum atomic E-state index is 12.8. The van der Waals surface area contributed by atoms with Gasteiger partial charge in [0.25, 0.3) is 0 Å². The Kier molecular flexibility index (Phi) is 3.32. The van der Waals surface area contributed by atoms with Gasteiger partial charge in [-0.3, -0.25) is 9.20 Å². The molecular formula is C18H12ClNO4. The quantitative estimate of drug-likeness (QED) is 0.516. The standard InChI is InChI=1S/C18H12ClNO4/c1-2-23-18(22)15-16(21)11-8-7-10(19)9-13(11)20-12-5-3-4-6-14(12)24-17(15)20/h3-9H,2H2,1H3. The van der Waals surface area contributed by atoms with Gasteiger partial charge < -0.3 is 9.15 Å². The second-order valence-electron chi connectivity index (χ2n) is 5.30. The first-order valence-electron chi connectivity index (χ1n) is 7.44. The van der Waals surface area contributed by atoms with E-state index in [2.05, 4.69) is 0 Å². The number of oxazole rings is 1. The van der Waals surface area contributed by atoms with Crippen LogP contribution in [-0.2, 0) is 4.74 Å². The molecule has 2 aromatic heterocycles. The van der Waals surface area contributed by atoms with Crippen LogP contribution in [0.15, 0.2) is 51.7 Å². The Morgan fingerprint density at radius 2 is 2.00 bits per heavy atom. The smallest absolute Gasteiger partial charge is 0.347 e. The highest BCUT2D eigenvalue weighted by atomic mass is 35.5. The van der Waals surface area contributed by atoms with Gasteiger partial charge in [-0.1, -0.05) is 23.7 Å². The van der Waals surface area contributed by atoms with Gasteiger partial charge in [-0.25, -0.2) is 4.79 Å². The van der Waals surface area contributed by atoms with Gasteiger partial charge in [0.1, 0.15) is 0 Å². The Labute approximate surface area is 141 Å². The molecule has 120 valence electrons. The van der Waals surface area contributed by atoms with Crippen molar-refractivity contribution in [3.63, 3.8) is 0 Å². The first-order chi connectivity index (χ1) is 11.6. The molecule has 0 amide bonds. The predicted octanol–water partition coefficient (Wildman–Crippen LogP) is 4.03. The Morgan fingerprint density at radius 1 is 1.21 bits per heavy atom. The zero-order valence-corrected chi connectivity index (χ0v) is 13.5. The van der Waals surface area contributed by atoms with Crippen molar-refractivity contribution in [2.75, 3.05) is 6.61 Å². The molecule has 0 spiro atoms. The lowest BCUT2D eigenvalue weighted by molar-refractivity contribution is 0.0526. The molecule has 2 aromatic carbocycles. The molecule has 4 rings (SSSR count). The number of carbonyl (C=O) groups excluding carboxylic acids is 1. The minimum absolute atomic E-state index is 0.108. The minimum atomic E-state index is -0.698. The summed E-state index contributed by atoms with van der Waals surface area (Å²) in [6.07, 6.45) is 0. The van der Waals surface area contributed by atoms with Gasteiger partial charge in [0.2, 0.25) is 11.1 Å². The lowest BCUT2D eigenvalue weighted by Crippen LogP contribution is -2.19. The zero-order chi connectivity index (χ0) is 16.8. The molecule has 0 fully saturated rings. The lowest BCUT2D eigenvalue weighted by Gasteiger charge is -2.07. The van der Waals surface area contributed by atoms with Crippen molar-refractivity contribution in [3.8, 4) is 0 Å². The molecular weight excluding hydrogens is 330 g/mol. The van der Waals surface area contributed by atoms with E-state index in [1.807, 2.05) is 18.2 Å². The van der Waals surface area contributed by atoms with Crippen LogP contribution in [0.3, 0.4) is 0 Å². The Morgan fingerprint density at radius 3 is 2.79 bits per heavy atom. The number of benzene rings is 2. The fourth-order valence-electron chi connectivity index (χ4n) is 2.89. The van der Waals surface area contributed by atoms with Crippen molar-refractivity contribution in [2.24, 2.45) is 0 Å². The van der Waals surface area contributed by atoms with E-state index in [0.29, 0.717) is 21.5 Å². The third kappa shape index (κ3) is 2.02. The first kappa shape index (κ1) is 14.8. The van der Waals surface area contributed by atoms with Crippen LogP contribution in [0.25, 0.3) is 27.7 Å². The number of nitrogens with zero attached hydrogens (tertiary/aromatic N) is 1. The molecule has 4 aromatic rings. The lowest BCUT2D eigenvalue weighted by atomic mass is 10.1. The van der Waals surface area contributed by atoms with E-state index in [9.17, 15) is 9.59 Å². The molecule has 2 heterocycles. The third-order valence-corrected chi connectivity index (χ3v) is 4.12. The maximum absolute atomic E-state index is 12.8. The zero-order valence-electron chi connectivity index (χ0n) is 12.7. The number of para-hydroxylation sites is 2. The number of hydrogen-bond donors (Lipinski definition) is 0. The van der Waals surface area contributed by atoms with Gasteiger partial charge in [0.15, 0.2) is 11.1 Å². The van der Waals surface area contributed by atoms with Crippen molar-refractivity contribution in [2.45, 2.75) is 6.92 Å². The van der Waals surface area contributed by atoms with Crippen LogP contribution < -0.4 is 5.43 Å². The molecule has 0 unspecified atom stereocenters. The van der Waals surface area contributed by atoms with E-state index in [4.69, 9.17) is 20.8 Å². The van der Waals surface area contributed by atoms with Crippen molar-refractivity contribution >= 4 is 45.3 Å². The summed E-state index contributed by atoms with van der Waals surface area (Å²) < 4.78 is 12.6. The van der Waals surface area contributed by atoms with Crippen molar-refractivity contribution in [3.05, 3.63) is 63.3 Å². The average molecular weight is 342 g/mol. The summed E-state index contributed by atoms with van der Waals surface area (Å²) in [4.78, 5) is 25.2. The molecule has 5 nitrogen and oxygen atoms in total. The first-order valence-corrected chi connectivity index (χ1v) is 7.82. The number of aromatic nitrogens is 1. The summed E-state index contributed by atoms with van der Waals surface area (Å²) in [6, 6.07) is 12.2. The predicted molar refractivity (Wildman–Crippen MR) is 91.9 cm³/mol. The van der Waals surface area contributed by atoms with Crippen molar-refractivity contribution in [1.29, 1.82) is 0 Å². The molecule has 0 aliphatic heterocycles. The number of halogens is 1. The maximum Gasteiger partial charge on any atom is 0.347 e. The van der Waals surface area contributed by atoms with Crippen molar-refractivity contribution < 1.29 is 13.9 Å². The van der Waals surface area contributed by atoms with Crippen LogP contribution in [-0.4, -0.2) is 17.0 Å². The number of rotatable bonds is 2. The molecule has 0 aliphatic rings. The highest BCUT2D eigenvalue weighted by Gasteiger charge is 2.24. The SMILES string of the molecule is CCOC(=O)c1c(=O)c2ccc(Cl)cc2n2c1oc1ccccc12. The number of hydrogen-bond acceptors (Lipinski definition) is 4. The highest BCUT2D eigenvalue weighted by molar-refractivity contribution is 6.31. The van der Waals surface area contributed by atoms with Gasteiger partial charge in [-0.15, -0.1) is 0 Å². The second kappa shape index (κ2) is 5.39. The molecule has 0 N–H and O–H groups in total. The van der Waals surface area contributed by atoms with E-state index >= 15 is 0 Å². The van der Waals surface area contributed by atoms with Gasteiger partial charge in [-0.2, -0.15) is 0 Å². The normalized spacial score (nSPS) is 11.4. The third-order valence-electron chi connectivity index (χ3n) is 3.88. The van der Waals surface area contributed by atoms with Crippen LogP contribution in [0, 0.1) is 0 Å². The van der Waals surface area contributed by atoms with Gasteiger partial charge in [0, 0.05) is 10.4 Å². The van der Waals surface area contributed by atoms with Crippen LogP contribution in [0.1, 0.15) is 17.3 Å². The van der Waals surface area contributed by atoms with E-state index in [0.717, 1.165) is 5.52 Å². The number of esters is 1. The molecule has 0 aliphatic carbocycles. The van der Waals surface area contributed by atoms with Crippen LogP contribution in [0.5, 0.6) is 0 Å². The molecule has 0 bridgehead atoms. The molecule has 6 heteroatoms. The number of carbonyl (C=O) groups is 1. The fourth-order valence-corrected chi connectivity index (χ4v) is 3.05. The summed E-state index contributed by atoms with van der Waals surface area (Å²) in [5.41, 5.74) is 1.51. The Balaban J connectivity index is 2.30. The van der Waals surface area contributed by atoms with Gasteiger partial charge >= 0.3 is 5.97 Å². The highest BCUT2D eigenvalue weighted by Crippen LogP contribution is 2.28. The van der Waals surface area contributed by atoms with E-state index in [1.54, 1.807) is 35.6 Å². The van der Waals surface area contributed by atoms with Crippen LogP contribution >= 0.6 is 11.6 Å². The average Bonchev–Trinajstić information content (AvgIpc) is 2.94. The molecule has 0 atom stereocenters. The number of fused-ring (bicyclic) bond motifs is 5. The Hall–Kier alpha value is -2.79. The molecule has 24 heavy (non-hydrogen) atoms. The fraction of sp³-hybridized carbons (Fsp3) is 0.111. The van der Waals surface area contributed by atoms with E-state index in [-0.39, 0.29) is 17.9 Å². The minimum Gasteiger partial charge on any atom is -0.462 e. The molecule has 0 saturated heterocycles. The summed E-state index contributed by atoms with van der Waals surface area (Å²) in [5.74, 6) is -0.698. The summed E-state index contributed by atoms with van der Waals surface area (Å²) in [7, 11) is 0. The molecule has 0 saturated carbocycles. The van der Waals surface area contributed by atoms with Gasteiger partial charge in [0.05, 0.1) is 17.6 Å². The van der Waals surface area contributed by atoms with Crippen LogP contribution in [0.4, 0.5) is 0 Å². The summed E-state index contributed by atoms with van der Waals surface area (Å²) >= 11 is 6.10. The topological polar surface area (TPSA) is 60.9 Å². The number of ether oxygens (including phenoxy) is 1. The summed E-state index contributed by atoms with van der Waals surface area (Å²) in [5, 5.41) is 0.872. The van der Waals surface area contributed by atoms with Crippen molar-refractivity contribution in [1.82, 2.24) is 4.40 Å². The van der Waals surface area contributed by atoms with E-state index in [1.165, 1.54) is 0 Å². The number of pyridine rings is 1. The Bertz CT molecular complexity index is 1170. The summed E-state index contributed by atoms with van der Waals surface area (Å²) in [6.45, 7) is 1.86. The van der Waals surface area contributed by atoms with Crippen LogP contribution in [0.2, 0.25) is 5.02 Å². The van der Waals surface area contributed by atoms with E-state index < -0.39 is 11.4 Å². The second-order valence-corrected chi connectivity index (χ2v) is 5.73. The molecule has 0 radical (unpaired) electrons. The van der Waals surface area contributed by atoms with Gasteiger partial charge in [-0.05, 0) is 37.3 Å². The monoisotopic (exact) mass is 341 g/mol. The largest absolute Gasteiger partial charge is 0.462 e.